The number of aliphatic carboxylic acids is 1. The fourth-order valence-corrected chi connectivity index (χ4v) is 6.72. The number of para-hydroxylation sites is 2. The summed E-state index contributed by atoms with van der Waals surface area (Å²) in [6, 6.07) is 29.2. The number of thiophene rings is 1. The minimum absolute atomic E-state index is 0.161. The first-order valence-corrected chi connectivity index (χ1v) is 16.0. The molecule has 2 aromatic heterocycles. The van der Waals surface area contributed by atoms with Crippen LogP contribution >= 0.6 is 11.3 Å². The number of fused-ring (bicyclic) bond motifs is 1. The molecule has 0 N–H and O–H groups in total. The lowest BCUT2D eigenvalue weighted by Gasteiger charge is -2.21. The second-order valence-corrected chi connectivity index (χ2v) is 12.4. The maximum Gasteiger partial charge on any atom is 0.123 e. The molecule has 0 spiro atoms. The SMILES string of the molecule is CCCC(CCC)c1ccc(OCc2ccc(-c3ccc(CN(CC(=O)[O-])Cc4nc5ccccc5n4C)s3)cc2)cc1. The van der Waals surface area contributed by atoms with Gasteiger partial charge in [-0.1, -0.05) is 75.2 Å². The molecule has 5 aromatic rings. The maximum atomic E-state index is 11.6. The average Bonchev–Trinajstić information content (AvgIpc) is 3.60. The average molecular weight is 595 g/mol. The topological polar surface area (TPSA) is 70.4 Å². The Bertz CT molecular complexity index is 1620. The van der Waals surface area contributed by atoms with Crippen LogP contribution in [0.1, 0.15) is 67.3 Å². The van der Waals surface area contributed by atoms with Crippen molar-refractivity contribution in [3.05, 3.63) is 107 Å². The van der Waals surface area contributed by atoms with Gasteiger partial charge in [0.25, 0.3) is 0 Å². The molecule has 0 radical (unpaired) electrons. The molecule has 5 rings (SSSR count). The van der Waals surface area contributed by atoms with E-state index in [9.17, 15) is 9.90 Å². The molecule has 0 saturated heterocycles. The summed E-state index contributed by atoms with van der Waals surface area (Å²) in [5.74, 6) is 1.25. The third-order valence-corrected chi connectivity index (χ3v) is 9.03. The first kappa shape index (κ1) is 30.5. The van der Waals surface area contributed by atoms with Gasteiger partial charge in [0.1, 0.15) is 18.2 Å². The van der Waals surface area contributed by atoms with Crippen molar-refractivity contribution in [2.75, 3.05) is 6.54 Å². The van der Waals surface area contributed by atoms with Crippen molar-refractivity contribution in [2.24, 2.45) is 7.05 Å². The van der Waals surface area contributed by atoms with Gasteiger partial charge in [0.05, 0.1) is 23.5 Å². The molecular weight excluding hydrogens is 554 g/mol. The highest BCUT2D eigenvalue weighted by Gasteiger charge is 2.15. The summed E-state index contributed by atoms with van der Waals surface area (Å²) in [4.78, 5) is 20.4. The fraction of sp³-hybridized carbons (Fsp3) is 0.333. The number of aryl methyl sites for hydroxylation is 1. The molecule has 0 fully saturated rings. The quantitative estimate of drug-likeness (QED) is 0.127. The molecule has 2 heterocycles. The van der Waals surface area contributed by atoms with Crippen molar-refractivity contribution in [3.63, 3.8) is 0 Å². The van der Waals surface area contributed by atoms with Crippen molar-refractivity contribution in [3.8, 4) is 16.2 Å². The van der Waals surface area contributed by atoms with Crippen LogP contribution in [0.25, 0.3) is 21.5 Å². The molecule has 224 valence electrons. The molecule has 7 heteroatoms. The van der Waals surface area contributed by atoms with Gasteiger partial charge in [0, 0.05) is 29.9 Å². The van der Waals surface area contributed by atoms with E-state index in [1.807, 2.05) is 40.8 Å². The molecule has 0 bridgehead atoms. The number of rotatable bonds is 15. The number of benzene rings is 3. The Labute approximate surface area is 258 Å². The van der Waals surface area contributed by atoms with Crippen molar-refractivity contribution in [1.29, 1.82) is 0 Å². The van der Waals surface area contributed by atoms with E-state index in [1.54, 1.807) is 11.3 Å². The third kappa shape index (κ3) is 7.92. The predicted octanol–water partition coefficient (Wildman–Crippen LogP) is 7.32. The van der Waals surface area contributed by atoms with Crippen LogP contribution in [0, 0.1) is 0 Å². The zero-order chi connectivity index (χ0) is 30.2. The summed E-state index contributed by atoms with van der Waals surface area (Å²) in [6.07, 6.45) is 4.87. The van der Waals surface area contributed by atoms with E-state index in [2.05, 4.69) is 74.5 Å². The van der Waals surface area contributed by atoms with Crippen LogP contribution in [-0.4, -0.2) is 27.0 Å². The summed E-state index contributed by atoms with van der Waals surface area (Å²) in [5.41, 5.74) is 5.58. The van der Waals surface area contributed by atoms with Crippen molar-refractivity contribution >= 4 is 28.3 Å². The van der Waals surface area contributed by atoms with Gasteiger partial charge in [0.2, 0.25) is 0 Å². The summed E-state index contributed by atoms with van der Waals surface area (Å²) >= 11 is 1.67. The smallest absolute Gasteiger partial charge is 0.123 e. The van der Waals surface area contributed by atoms with Gasteiger partial charge in [-0.2, -0.15) is 0 Å². The zero-order valence-electron chi connectivity index (χ0n) is 25.3. The van der Waals surface area contributed by atoms with Gasteiger partial charge in [-0.15, -0.1) is 11.3 Å². The number of carbonyl (C=O) groups is 1. The molecule has 6 nitrogen and oxygen atoms in total. The van der Waals surface area contributed by atoms with E-state index in [0.29, 0.717) is 25.6 Å². The number of aromatic nitrogens is 2. The summed E-state index contributed by atoms with van der Waals surface area (Å²) in [6.45, 7) is 5.78. The molecule has 0 saturated carbocycles. The van der Waals surface area contributed by atoms with Crippen LogP contribution in [0.3, 0.4) is 0 Å². The van der Waals surface area contributed by atoms with Gasteiger partial charge < -0.3 is 19.2 Å². The molecule has 0 atom stereocenters. The van der Waals surface area contributed by atoms with Gasteiger partial charge in [-0.25, -0.2) is 4.98 Å². The Morgan fingerprint density at radius 3 is 2.33 bits per heavy atom. The van der Waals surface area contributed by atoms with Crippen molar-refractivity contribution < 1.29 is 14.6 Å². The van der Waals surface area contributed by atoms with Gasteiger partial charge in [0.15, 0.2) is 0 Å². The van der Waals surface area contributed by atoms with Crippen LogP contribution in [-0.2, 0) is 31.5 Å². The Morgan fingerprint density at radius 1 is 0.930 bits per heavy atom. The van der Waals surface area contributed by atoms with Crippen LogP contribution in [0.5, 0.6) is 5.75 Å². The lowest BCUT2D eigenvalue weighted by atomic mass is 9.90. The minimum Gasteiger partial charge on any atom is -0.549 e. The van der Waals surface area contributed by atoms with E-state index in [4.69, 9.17) is 9.72 Å². The second-order valence-electron chi connectivity index (χ2n) is 11.2. The maximum absolute atomic E-state index is 11.6. The molecule has 43 heavy (non-hydrogen) atoms. The van der Waals surface area contributed by atoms with E-state index in [1.165, 1.54) is 31.2 Å². The summed E-state index contributed by atoms with van der Waals surface area (Å²) in [7, 11) is 1.96. The predicted molar refractivity (Wildman–Crippen MR) is 173 cm³/mol. The zero-order valence-corrected chi connectivity index (χ0v) is 26.1. The van der Waals surface area contributed by atoms with Crippen LogP contribution in [0.4, 0.5) is 0 Å². The van der Waals surface area contributed by atoms with E-state index in [-0.39, 0.29) is 6.54 Å². The molecule has 0 amide bonds. The Hall–Kier alpha value is -3.94. The molecule has 0 aliphatic carbocycles. The monoisotopic (exact) mass is 594 g/mol. The van der Waals surface area contributed by atoms with Gasteiger partial charge >= 0.3 is 0 Å². The van der Waals surface area contributed by atoms with E-state index >= 15 is 0 Å². The summed E-state index contributed by atoms with van der Waals surface area (Å²) in [5, 5.41) is 11.6. The molecule has 0 unspecified atom stereocenters. The lowest BCUT2D eigenvalue weighted by Crippen LogP contribution is -2.37. The number of carbonyl (C=O) groups excluding carboxylic acids is 1. The van der Waals surface area contributed by atoms with Gasteiger partial charge in [-0.05, 0) is 71.8 Å². The highest BCUT2D eigenvalue weighted by molar-refractivity contribution is 7.15. The number of carboxylic acid groups (broad SMARTS) is 1. The lowest BCUT2D eigenvalue weighted by molar-refractivity contribution is -0.306. The first-order valence-electron chi connectivity index (χ1n) is 15.2. The third-order valence-electron chi connectivity index (χ3n) is 7.91. The minimum atomic E-state index is -1.10. The second kappa shape index (κ2) is 14.5. The number of hydrogen-bond acceptors (Lipinski definition) is 6. The molecule has 3 aromatic carbocycles. The first-order chi connectivity index (χ1) is 20.9. The highest BCUT2D eigenvalue weighted by atomic mass is 32.1. The Kier molecular flexibility index (Phi) is 10.3. The van der Waals surface area contributed by atoms with Crippen molar-refractivity contribution in [1.82, 2.24) is 14.5 Å². The van der Waals surface area contributed by atoms with Gasteiger partial charge in [-0.3, -0.25) is 4.90 Å². The molecule has 0 aliphatic rings. The number of imidazole rings is 1. The normalized spacial score (nSPS) is 11.6. The standard InChI is InChI=1S/C36H41N3O3S/c1-4-8-27(9-5-2)28-16-18-30(19-17-28)42-25-26-12-14-29(15-13-26)34-21-20-31(43-34)22-39(24-36(40)41)23-35-37-32-10-6-7-11-33(32)38(35)3/h6-7,10-21,27H,4-5,8-9,22-25H2,1-3H3,(H,40,41)/p-1. The Morgan fingerprint density at radius 2 is 1.65 bits per heavy atom. The summed E-state index contributed by atoms with van der Waals surface area (Å²) < 4.78 is 8.11. The van der Waals surface area contributed by atoms with Crippen molar-refractivity contribution in [2.45, 2.75) is 65.1 Å². The number of carboxylic acids is 1. The van der Waals surface area contributed by atoms with Crippen LogP contribution in [0.2, 0.25) is 0 Å². The van der Waals surface area contributed by atoms with E-state index in [0.717, 1.165) is 43.5 Å². The molecular formula is C36H40N3O3S-. The number of nitrogens with zero attached hydrogens (tertiary/aromatic N) is 3. The van der Waals surface area contributed by atoms with Crippen LogP contribution < -0.4 is 9.84 Å². The van der Waals surface area contributed by atoms with E-state index < -0.39 is 5.97 Å². The van der Waals surface area contributed by atoms with Crippen LogP contribution in [0.15, 0.2) is 84.9 Å². The number of hydrogen-bond donors (Lipinski definition) is 0. The number of ether oxygens (including phenoxy) is 1. The largest absolute Gasteiger partial charge is 0.549 e. The fourth-order valence-electron chi connectivity index (χ4n) is 5.67. The molecule has 0 aliphatic heterocycles. The Balaban J connectivity index is 1.19. The highest BCUT2D eigenvalue weighted by Crippen LogP contribution is 2.31.